The number of hydrogen-bond donors (Lipinski definition) is 2. The van der Waals surface area contributed by atoms with Crippen molar-refractivity contribution in [2.75, 3.05) is 13.1 Å². The Morgan fingerprint density at radius 1 is 0.955 bits per heavy atom. The number of carbonyl (C=O) groups is 2. The van der Waals surface area contributed by atoms with Crippen molar-refractivity contribution in [3.05, 3.63) is 70.1 Å². The van der Waals surface area contributed by atoms with E-state index in [0.717, 1.165) is 0 Å². The highest BCUT2D eigenvalue weighted by Gasteiger charge is 2.07. The van der Waals surface area contributed by atoms with Crippen molar-refractivity contribution in [1.29, 1.82) is 0 Å². The van der Waals surface area contributed by atoms with E-state index < -0.39 is 0 Å². The molecule has 6 heteroatoms. The van der Waals surface area contributed by atoms with Gasteiger partial charge >= 0.3 is 0 Å². The molecule has 0 aliphatic heterocycles. The van der Waals surface area contributed by atoms with Crippen LogP contribution in [0, 0.1) is 0 Å². The lowest BCUT2D eigenvalue weighted by Crippen LogP contribution is -2.35. The summed E-state index contributed by atoms with van der Waals surface area (Å²) in [6, 6.07) is 11.7. The second kappa shape index (κ2) is 7.21. The van der Waals surface area contributed by atoms with Crippen LogP contribution >= 0.6 is 0 Å². The van der Waals surface area contributed by atoms with Gasteiger partial charge in [0.05, 0.1) is 0 Å². The molecule has 114 valence electrons. The Kier molecular flexibility index (Phi) is 5.08. The summed E-state index contributed by atoms with van der Waals surface area (Å²) in [6.07, 6.45) is 1.54. The van der Waals surface area contributed by atoms with Crippen molar-refractivity contribution < 1.29 is 9.59 Å². The molecule has 0 saturated heterocycles. The molecule has 0 radical (unpaired) electrons. The molecule has 2 amide bonds. The van der Waals surface area contributed by atoms with Gasteiger partial charge in [-0.2, -0.15) is 0 Å². The lowest BCUT2D eigenvalue weighted by Gasteiger charge is -2.07. The first-order valence-electron chi connectivity index (χ1n) is 6.86. The molecule has 1 aromatic heterocycles. The van der Waals surface area contributed by atoms with E-state index in [1.165, 1.54) is 16.8 Å². The van der Waals surface area contributed by atoms with E-state index in [2.05, 4.69) is 10.6 Å². The van der Waals surface area contributed by atoms with Crippen LogP contribution in [0.5, 0.6) is 0 Å². The Labute approximate surface area is 127 Å². The molecule has 1 heterocycles. The van der Waals surface area contributed by atoms with Crippen molar-refractivity contribution in [3.8, 4) is 0 Å². The fraction of sp³-hybridized carbons (Fsp3) is 0.188. The summed E-state index contributed by atoms with van der Waals surface area (Å²) in [6.45, 7) is 0.594. The third kappa shape index (κ3) is 4.05. The van der Waals surface area contributed by atoms with Gasteiger partial charge in [-0.15, -0.1) is 0 Å². The molecule has 0 spiro atoms. The number of aryl methyl sites for hydroxylation is 1. The average molecular weight is 299 g/mol. The minimum atomic E-state index is -0.341. The summed E-state index contributed by atoms with van der Waals surface area (Å²) >= 11 is 0. The molecule has 2 N–H and O–H groups in total. The van der Waals surface area contributed by atoms with Gasteiger partial charge in [0.15, 0.2) is 0 Å². The van der Waals surface area contributed by atoms with Crippen LogP contribution in [-0.2, 0) is 7.05 Å². The highest BCUT2D eigenvalue weighted by molar-refractivity contribution is 5.95. The predicted molar refractivity (Wildman–Crippen MR) is 82.8 cm³/mol. The van der Waals surface area contributed by atoms with Gasteiger partial charge in [-0.05, 0) is 18.2 Å². The SMILES string of the molecule is Cn1ccc(C(=O)NCCNC(=O)c2ccccc2)cc1=O. The minimum absolute atomic E-state index is 0.191. The molecular formula is C16H17N3O3. The second-order valence-electron chi connectivity index (χ2n) is 4.74. The summed E-state index contributed by atoms with van der Waals surface area (Å²) in [5.74, 6) is -0.532. The van der Waals surface area contributed by atoms with Crippen LogP contribution < -0.4 is 16.2 Å². The number of amides is 2. The maximum Gasteiger partial charge on any atom is 0.251 e. The van der Waals surface area contributed by atoms with E-state index in [0.29, 0.717) is 17.7 Å². The molecule has 0 fully saturated rings. The molecule has 6 nitrogen and oxygen atoms in total. The van der Waals surface area contributed by atoms with Crippen molar-refractivity contribution in [3.63, 3.8) is 0 Å². The average Bonchev–Trinajstić information content (AvgIpc) is 2.54. The predicted octanol–water partition coefficient (Wildman–Crippen LogP) is 0.545. The van der Waals surface area contributed by atoms with Crippen LogP contribution in [-0.4, -0.2) is 29.5 Å². The van der Waals surface area contributed by atoms with Crippen LogP contribution in [0.25, 0.3) is 0 Å². The van der Waals surface area contributed by atoms with Crippen LogP contribution in [0.2, 0.25) is 0 Å². The topological polar surface area (TPSA) is 80.2 Å². The Bertz CT molecular complexity index is 723. The molecule has 2 aromatic rings. The summed E-state index contributed by atoms with van der Waals surface area (Å²) in [5, 5.41) is 5.36. The van der Waals surface area contributed by atoms with Crippen LogP contribution in [0.15, 0.2) is 53.5 Å². The summed E-state index contributed by atoms with van der Waals surface area (Å²) in [4.78, 5) is 35.1. The van der Waals surface area contributed by atoms with Gasteiger partial charge in [0.25, 0.3) is 17.4 Å². The molecular weight excluding hydrogens is 282 g/mol. The van der Waals surface area contributed by atoms with E-state index in [1.807, 2.05) is 6.07 Å². The van der Waals surface area contributed by atoms with Gasteiger partial charge in [-0.25, -0.2) is 0 Å². The molecule has 0 bridgehead atoms. The number of carbonyl (C=O) groups excluding carboxylic acids is 2. The Morgan fingerprint density at radius 3 is 2.14 bits per heavy atom. The molecule has 0 atom stereocenters. The van der Waals surface area contributed by atoms with Crippen molar-refractivity contribution in [2.24, 2.45) is 7.05 Å². The lowest BCUT2D eigenvalue weighted by atomic mass is 10.2. The fourth-order valence-corrected chi connectivity index (χ4v) is 1.84. The number of nitrogens with one attached hydrogen (secondary N) is 2. The number of rotatable bonds is 5. The second-order valence-corrected chi connectivity index (χ2v) is 4.74. The maximum absolute atomic E-state index is 11.9. The van der Waals surface area contributed by atoms with Crippen molar-refractivity contribution >= 4 is 11.8 Å². The third-order valence-electron chi connectivity index (χ3n) is 3.10. The quantitative estimate of drug-likeness (QED) is 0.791. The molecule has 2 rings (SSSR count). The fourth-order valence-electron chi connectivity index (χ4n) is 1.84. The van der Waals surface area contributed by atoms with E-state index in [1.54, 1.807) is 37.4 Å². The molecule has 0 unspecified atom stereocenters. The van der Waals surface area contributed by atoms with Gasteiger partial charge in [0.2, 0.25) is 0 Å². The van der Waals surface area contributed by atoms with Gasteiger partial charge < -0.3 is 15.2 Å². The molecule has 1 aromatic carbocycles. The maximum atomic E-state index is 11.9. The highest BCUT2D eigenvalue weighted by Crippen LogP contribution is 1.97. The summed E-state index contributed by atoms with van der Waals surface area (Å²) < 4.78 is 1.39. The van der Waals surface area contributed by atoms with E-state index in [4.69, 9.17) is 0 Å². The van der Waals surface area contributed by atoms with Crippen LogP contribution in [0.4, 0.5) is 0 Å². The normalized spacial score (nSPS) is 10.0. The number of aromatic nitrogens is 1. The molecule has 0 saturated carbocycles. The first kappa shape index (κ1) is 15.5. The van der Waals surface area contributed by atoms with E-state index >= 15 is 0 Å². The summed E-state index contributed by atoms with van der Waals surface area (Å²) in [7, 11) is 1.61. The number of nitrogens with zero attached hydrogens (tertiary/aromatic N) is 1. The zero-order valence-corrected chi connectivity index (χ0v) is 12.2. The van der Waals surface area contributed by atoms with E-state index in [9.17, 15) is 14.4 Å². The minimum Gasteiger partial charge on any atom is -0.350 e. The highest BCUT2D eigenvalue weighted by atomic mass is 16.2. The van der Waals surface area contributed by atoms with Gasteiger partial charge in [-0.1, -0.05) is 18.2 Å². The zero-order valence-electron chi connectivity index (χ0n) is 12.2. The van der Waals surface area contributed by atoms with Crippen molar-refractivity contribution in [1.82, 2.24) is 15.2 Å². The molecule has 22 heavy (non-hydrogen) atoms. The lowest BCUT2D eigenvalue weighted by molar-refractivity contribution is 0.0927. The third-order valence-corrected chi connectivity index (χ3v) is 3.10. The monoisotopic (exact) mass is 299 g/mol. The Morgan fingerprint density at radius 2 is 1.55 bits per heavy atom. The first-order valence-corrected chi connectivity index (χ1v) is 6.86. The Balaban J connectivity index is 1.79. The number of benzene rings is 1. The smallest absolute Gasteiger partial charge is 0.251 e. The molecule has 0 aliphatic carbocycles. The van der Waals surface area contributed by atoms with Crippen LogP contribution in [0.1, 0.15) is 20.7 Å². The zero-order chi connectivity index (χ0) is 15.9. The van der Waals surface area contributed by atoms with E-state index in [-0.39, 0.29) is 23.9 Å². The van der Waals surface area contributed by atoms with Gasteiger partial charge in [-0.3, -0.25) is 14.4 Å². The van der Waals surface area contributed by atoms with Crippen LogP contribution in [0.3, 0.4) is 0 Å². The van der Waals surface area contributed by atoms with Gasteiger partial charge in [0.1, 0.15) is 0 Å². The first-order chi connectivity index (χ1) is 10.6. The largest absolute Gasteiger partial charge is 0.350 e. The standard InChI is InChI=1S/C16H17N3O3/c1-19-10-7-13(11-14(19)20)16(22)18-9-8-17-15(21)12-5-3-2-4-6-12/h2-7,10-11H,8-9H2,1H3,(H,17,21)(H,18,22). The number of pyridine rings is 1. The Hall–Kier alpha value is -2.89. The summed E-state index contributed by atoms with van der Waals surface area (Å²) in [5.41, 5.74) is 0.628. The molecule has 0 aliphatic rings. The van der Waals surface area contributed by atoms with Gasteiger partial charge in [0, 0.05) is 43.5 Å². The number of hydrogen-bond acceptors (Lipinski definition) is 3. The van der Waals surface area contributed by atoms with Crippen molar-refractivity contribution in [2.45, 2.75) is 0 Å².